The number of phosphoric ester groups is 1. The van der Waals surface area contributed by atoms with E-state index in [1.165, 1.54) is 89.1 Å². The molecule has 60 heavy (non-hydrogen) atoms. The molecule has 2 N–H and O–H groups in total. The predicted molar refractivity (Wildman–Crippen MR) is 230 cm³/mol. The van der Waals surface area contributed by atoms with Crippen molar-refractivity contribution in [2.75, 3.05) is 18.9 Å². The van der Waals surface area contributed by atoms with Crippen LogP contribution < -0.4 is 10.3 Å². The fourth-order valence-electron chi connectivity index (χ4n) is 7.46. The second kappa shape index (κ2) is 24.4. The van der Waals surface area contributed by atoms with E-state index in [2.05, 4.69) is 23.1 Å². The van der Waals surface area contributed by atoms with Gasteiger partial charge in [-0.25, -0.2) is 18.5 Å². The highest BCUT2D eigenvalue weighted by Crippen LogP contribution is 2.53. The predicted octanol–water partition coefficient (Wildman–Crippen LogP) is 12.2. The molecule has 0 amide bonds. The minimum atomic E-state index is -4.49. The van der Waals surface area contributed by atoms with Gasteiger partial charge in [0.2, 0.25) is 0 Å². The number of rotatable bonds is 28. The zero-order chi connectivity index (χ0) is 42.6. The molecule has 1 aliphatic heterocycles. The summed E-state index contributed by atoms with van der Waals surface area (Å²) in [7, 11) is -4.49. The molecule has 4 atom stereocenters. The SMILES string of the molecule is CCCCCCCCCCCCCCCCCC(COP(=O)(OC[C@]1(C#N)CC[C@H](c2ccc3c(N)ncnn23)O1)Oc1ccccc1Cl)OCc1cc(F)cc(C#N)c1. The third-order valence-electron chi connectivity index (χ3n) is 10.8. The highest BCUT2D eigenvalue weighted by Gasteiger charge is 2.45. The monoisotopic (exact) mass is 864 g/mol. The van der Waals surface area contributed by atoms with Gasteiger partial charge in [-0.05, 0) is 67.3 Å². The highest BCUT2D eigenvalue weighted by atomic mass is 35.5. The Morgan fingerprint density at radius 1 is 0.967 bits per heavy atom. The van der Waals surface area contributed by atoms with Crippen LogP contribution in [0.25, 0.3) is 5.52 Å². The summed E-state index contributed by atoms with van der Waals surface area (Å²) < 4.78 is 60.8. The van der Waals surface area contributed by atoms with Crippen LogP contribution in [0.4, 0.5) is 10.2 Å². The number of halogens is 2. The number of ether oxygens (including phenoxy) is 2. The molecule has 0 bridgehead atoms. The van der Waals surface area contributed by atoms with Crippen LogP contribution in [0.2, 0.25) is 5.02 Å². The first-order chi connectivity index (χ1) is 29.2. The molecule has 0 saturated carbocycles. The average Bonchev–Trinajstić information content (AvgIpc) is 3.89. The third kappa shape index (κ3) is 14.5. The summed E-state index contributed by atoms with van der Waals surface area (Å²) in [6, 6.07) is 18.3. The van der Waals surface area contributed by atoms with Gasteiger partial charge in [-0.1, -0.05) is 127 Å². The smallest absolute Gasteiger partial charge is 0.402 e. The van der Waals surface area contributed by atoms with E-state index in [9.17, 15) is 19.5 Å². The summed E-state index contributed by atoms with van der Waals surface area (Å²) in [5, 5.41) is 24.2. The average molecular weight is 865 g/mol. The van der Waals surface area contributed by atoms with E-state index < -0.39 is 38.1 Å². The van der Waals surface area contributed by atoms with Crippen molar-refractivity contribution in [3.63, 3.8) is 0 Å². The molecule has 2 unspecified atom stereocenters. The molecule has 4 aromatic rings. The maximum absolute atomic E-state index is 14.5. The Bertz CT molecular complexity index is 2080. The van der Waals surface area contributed by atoms with Gasteiger partial charge in [0.05, 0.1) is 41.7 Å². The summed E-state index contributed by atoms with van der Waals surface area (Å²) in [6.45, 7) is 1.60. The number of benzene rings is 2. The molecule has 0 aliphatic carbocycles. The number of hydrogen-bond acceptors (Lipinski definition) is 11. The molecule has 0 radical (unpaired) electrons. The summed E-state index contributed by atoms with van der Waals surface area (Å²) in [5.41, 5.74) is 6.49. The van der Waals surface area contributed by atoms with Crippen LogP contribution >= 0.6 is 19.4 Å². The zero-order valence-electron chi connectivity index (χ0n) is 34.7. The minimum Gasteiger partial charge on any atom is -0.402 e. The molecule has 2 aromatic carbocycles. The lowest BCUT2D eigenvalue weighted by atomic mass is 10.0. The van der Waals surface area contributed by atoms with E-state index >= 15 is 0 Å². The molecule has 15 heteroatoms. The fourth-order valence-corrected chi connectivity index (χ4v) is 8.98. The summed E-state index contributed by atoms with van der Waals surface area (Å²) >= 11 is 6.41. The lowest BCUT2D eigenvalue weighted by Crippen LogP contribution is -2.32. The number of hydrogen-bond donors (Lipinski definition) is 1. The van der Waals surface area contributed by atoms with Crippen molar-refractivity contribution < 1.29 is 32.0 Å². The zero-order valence-corrected chi connectivity index (χ0v) is 36.4. The Hall–Kier alpha value is -4.07. The van der Waals surface area contributed by atoms with Crippen LogP contribution in [0.5, 0.6) is 5.75 Å². The van der Waals surface area contributed by atoms with E-state index in [4.69, 9.17) is 40.4 Å². The Kier molecular flexibility index (Phi) is 19.1. The molecule has 12 nitrogen and oxygen atoms in total. The molecule has 1 saturated heterocycles. The lowest BCUT2D eigenvalue weighted by Gasteiger charge is -2.26. The normalized spacial score (nSPS) is 17.9. The number of nitriles is 2. The summed E-state index contributed by atoms with van der Waals surface area (Å²) in [6.07, 6.45) is 19.9. The number of aromatic nitrogens is 3. The number of anilines is 1. The molecule has 5 rings (SSSR count). The minimum absolute atomic E-state index is 0.00645. The molecule has 2 aromatic heterocycles. The first kappa shape index (κ1) is 47.0. The van der Waals surface area contributed by atoms with Gasteiger partial charge in [0.1, 0.15) is 42.2 Å². The third-order valence-corrected chi connectivity index (χ3v) is 12.5. The van der Waals surface area contributed by atoms with Crippen LogP contribution in [-0.2, 0) is 29.7 Å². The van der Waals surface area contributed by atoms with Crippen molar-refractivity contribution in [3.8, 4) is 17.9 Å². The molecule has 1 fully saturated rings. The maximum Gasteiger partial charge on any atom is 0.530 e. The number of unbranched alkanes of at least 4 members (excludes halogenated alkanes) is 14. The van der Waals surface area contributed by atoms with Crippen molar-refractivity contribution in [1.82, 2.24) is 14.6 Å². The van der Waals surface area contributed by atoms with E-state index in [1.54, 1.807) is 34.8 Å². The van der Waals surface area contributed by atoms with E-state index in [1.807, 2.05) is 12.1 Å². The van der Waals surface area contributed by atoms with Crippen molar-refractivity contribution in [2.24, 2.45) is 0 Å². The molecule has 0 spiro atoms. The topological polar surface area (TPSA) is 167 Å². The van der Waals surface area contributed by atoms with Gasteiger partial charge in [-0.3, -0.25) is 9.05 Å². The Morgan fingerprint density at radius 2 is 1.65 bits per heavy atom. The number of para-hydroxylation sites is 1. The number of nitrogens with two attached hydrogens (primary N) is 1. The quantitative estimate of drug-likeness (QED) is 0.0426. The van der Waals surface area contributed by atoms with Crippen molar-refractivity contribution in [3.05, 3.63) is 88.6 Å². The fraction of sp³-hybridized carbons (Fsp3) is 0.556. The Morgan fingerprint density at radius 3 is 2.32 bits per heavy atom. The van der Waals surface area contributed by atoms with Gasteiger partial charge >= 0.3 is 7.82 Å². The summed E-state index contributed by atoms with van der Waals surface area (Å²) in [5.74, 6) is -0.165. The van der Waals surface area contributed by atoms with E-state index in [0.717, 1.165) is 31.7 Å². The highest BCUT2D eigenvalue weighted by molar-refractivity contribution is 7.49. The van der Waals surface area contributed by atoms with Crippen LogP contribution in [-0.4, -0.2) is 39.5 Å². The maximum atomic E-state index is 14.5. The van der Waals surface area contributed by atoms with Gasteiger partial charge < -0.3 is 19.7 Å². The molecule has 324 valence electrons. The molecule has 3 heterocycles. The first-order valence-corrected chi connectivity index (χ1v) is 23.3. The standard InChI is InChI=1S/C45H59ClFN6O6P/c1-2-3-4-5-6-7-8-9-10-11-12-13-14-15-16-19-38(55-30-36-26-35(29-48)27-37(47)28-36)31-56-60(54,59-42-21-18-17-20-39(42)46)57-33-45(32-49)25-24-43(58-45)40-22-23-41-44(50)51-34-52-53(40)41/h17-18,20-23,26-28,34,38,43H,2-16,19,24-25,30-31,33H2,1H3,(H2,50,51,52)/t38?,43-,45-,60?/m1/s1. The van der Waals surface area contributed by atoms with Crippen LogP contribution in [0.1, 0.15) is 145 Å². The second-order valence-corrected chi connectivity index (χ2v) is 17.6. The second-order valence-electron chi connectivity index (χ2n) is 15.6. The Labute approximate surface area is 359 Å². The first-order valence-electron chi connectivity index (χ1n) is 21.5. The number of nitrogens with zero attached hydrogens (tertiary/aromatic N) is 5. The van der Waals surface area contributed by atoms with Gasteiger partial charge in [0, 0.05) is 0 Å². The van der Waals surface area contributed by atoms with Crippen LogP contribution in [0.3, 0.4) is 0 Å². The number of nitrogen functional groups attached to an aromatic ring is 1. The summed E-state index contributed by atoms with van der Waals surface area (Å²) in [4.78, 5) is 4.04. The van der Waals surface area contributed by atoms with Gasteiger partial charge in [0.15, 0.2) is 11.4 Å². The van der Waals surface area contributed by atoms with Crippen LogP contribution in [0, 0.1) is 28.5 Å². The molecular formula is C45H59ClFN6O6P. The molecule has 1 aliphatic rings. The van der Waals surface area contributed by atoms with Gasteiger partial charge in [-0.2, -0.15) is 15.6 Å². The van der Waals surface area contributed by atoms with E-state index in [-0.39, 0.29) is 36.0 Å². The van der Waals surface area contributed by atoms with E-state index in [0.29, 0.717) is 35.4 Å². The van der Waals surface area contributed by atoms with Crippen molar-refractivity contribution in [2.45, 2.75) is 147 Å². The van der Waals surface area contributed by atoms with Gasteiger partial charge in [-0.15, -0.1) is 0 Å². The van der Waals surface area contributed by atoms with Gasteiger partial charge in [0.25, 0.3) is 0 Å². The number of fused-ring (bicyclic) bond motifs is 1. The Balaban J connectivity index is 1.19. The van der Waals surface area contributed by atoms with Crippen LogP contribution in [0.15, 0.2) is 60.9 Å². The van der Waals surface area contributed by atoms with Crippen molar-refractivity contribution >= 4 is 30.8 Å². The largest absolute Gasteiger partial charge is 0.530 e. The number of phosphoric acid groups is 1. The lowest BCUT2D eigenvalue weighted by molar-refractivity contribution is -0.0441. The molecular weight excluding hydrogens is 806 g/mol. The van der Waals surface area contributed by atoms with Crippen molar-refractivity contribution in [1.29, 1.82) is 10.5 Å².